The lowest BCUT2D eigenvalue weighted by molar-refractivity contribution is 0.0751. The molecule has 1 amide bonds. The molecule has 0 aliphatic carbocycles. The van der Waals surface area contributed by atoms with E-state index in [0.29, 0.717) is 5.56 Å². The Hall–Kier alpha value is -1.58. The third kappa shape index (κ3) is 5.37. The van der Waals surface area contributed by atoms with Crippen LogP contribution in [0.5, 0.6) is 0 Å². The van der Waals surface area contributed by atoms with Crippen molar-refractivity contribution in [3.8, 4) is 0 Å². The summed E-state index contributed by atoms with van der Waals surface area (Å²) in [4.78, 5) is 19.1. The minimum Gasteiger partial charge on any atom is -0.385 e. The quantitative estimate of drug-likeness (QED) is 0.751. The van der Waals surface area contributed by atoms with Gasteiger partial charge >= 0.3 is 0 Å². The molecule has 1 N–H and O–H groups in total. The standard InChI is InChI=1S/C17H29N3O/c1-5-8-10-20(11-9-6-2)17(21)15-13-19-14(4)12-16(15)18-7-3/h12-13H,5-11H2,1-4H3,(H,18,19). The summed E-state index contributed by atoms with van der Waals surface area (Å²) in [7, 11) is 0. The fraction of sp³-hybridized carbons (Fsp3) is 0.647. The van der Waals surface area contributed by atoms with Crippen molar-refractivity contribution >= 4 is 11.6 Å². The van der Waals surface area contributed by atoms with Crippen LogP contribution in [0, 0.1) is 6.92 Å². The largest absolute Gasteiger partial charge is 0.385 e. The van der Waals surface area contributed by atoms with Crippen LogP contribution in [-0.4, -0.2) is 35.4 Å². The van der Waals surface area contributed by atoms with Crippen molar-refractivity contribution < 1.29 is 4.79 Å². The molecule has 0 fully saturated rings. The second kappa shape index (κ2) is 9.37. The lowest BCUT2D eigenvalue weighted by Gasteiger charge is -2.23. The molecule has 0 bridgehead atoms. The Labute approximate surface area is 129 Å². The number of carbonyl (C=O) groups is 1. The number of hydrogen-bond donors (Lipinski definition) is 1. The summed E-state index contributed by atoms with van der Waals surface area (Å²) in [5.41, 5.74) is 2.51. The number of unbranched alkanes of at least 4 members (excludes halogenated alkanes) is 2. The highest BCUT2D eigenvalue weighted by Gasteiger charge is 2.18. The third-order valence-corrected chi connectivity index (χ3v) is 3.49. The van der Waals surface area contributed by atoms with E-state index in [1.54, 1.807) is 6.20 Å². The van der Waals surface area contributed by atoms with Gasteiger partial charge in [-0.3, -0.25) is 9.78 Å². The first-order valence-corrected chi connectivity index (χ1v) is 8.13. The number of anilines is 1. The Kier molecular flexibility index (Phi) is 7.80. The van der Waals surface area contributed by atoms with E-state index in [2.05, 4.69) is 24.1 Å². The highest BCUT2D eigenvalue weighted by molar-refractivity contribution is 5.99. The Morgan fingerprint density at radius 1 is 1.19 bits per heavy atom. The molecule has 21 heavy (non-hydrogen) atoms. The van der Waals surface area contributed by atoms with Gasteiger partial charge in [-0.15, -0.1) is 0 Å². The number of hydrogen-bond acceptors (Lipinski definition) is 3. The molecular formula is C17H29N3O. The molecule has 1 aromatic rings. The maximum atomic E-state index is 12.8. The molecule has 0 unspecified atom stereocenters. The van der Waals surface area contributed by atoms with Gasteiger partial charge in [-0.2, -0.15) is 0 Å². The van der Waals surface area contributed by atoms with Crippen molar-refractivity contribution in [2.75, 3.05) is 25.0 Å². The summed E-state index contributed by atoms with van der Waals surface area (Å²) < 4.78 is 0. The molecule has 0 saturated heterocycles. The Morgan fingerprint density at radius 3 is 2.33 bits per heavy atom. The van der Waals surface area contributed by atoms with E-state index < -0.39 is 0 Å². The lowest BCUT2D eigenvalue weighted by Crippen LogP contribution is -2.33. The lowest BCUT2D eigenvalue weighted by atomic mass is 10.1. The fourth-order valence-electron chi connectivity index (χ4n) is 2.25. The summed E-state index contributed by atoms with van der Waals surface area (Å²) in [6.45, 7) is 10.7. The van der Waals surface area contributed by atoms with Crippen molar-refractivity contribution in [3.63, 3.8) is 0 Å². The van der Waals surface area contributed by atoms with Crippen molar-refractivity contribution in [2.24, 2.45) is 0 Å². The normalized spacial score (nSPS) is 10.5. The predicted octanol–water partition coefficient (Wildman–Crippen LogP) is 3.86. The van der Waals surface area contributed by atoms with Crippen molar-refractivity contribution in [3.05, 3.63) is 23.5 Å². The van der Waals surface area contributed by atoms with Gasteiger partial charge < -0.3 is 10.2 Å². The zero-order valence-corrected chi connectivity index (χ0v) is 13.9. The van der Waals surface area contributed by atoms with E-state index in [-0.39, 0.29) is 5.91 Å². The number of carbonyl (C=O) groups excluding carboxylic acids is 1. The van der Waals surface area contributed by atoms with Gasteiger partial charge in [0.15, 0.2) is 0 Å². The van der Waals surface area contributed by atoms with Crippen LogP contribution in [-0.2, 0) is 0 Å². The first-order chi connectivity index (χ1) is 10.1. The van der Waals surface area contributed by atoms with Crippen LogP contribution >= 0.6 is 0 Å². The van der Waals surface area contributed by atoms with Gasteiger partial charge in [0.2, 0.25) is 0 Å². The molecule has 1 aromatic heterocycles. The van der Waals surface area contributed by atoms with Crippen LogP contribution in [0.3, 0.4) is 0 Å². The van der Waals surface area contributed by atoms with Crippen molar-refractivity contribution in [1.29, 1.82) is 0 Å². The molecule has 4 nitrogen and oxygen atoms in total. The number of pyridine rings is 1. The van der Waals surface area contributed by atoms with Gasteiger partial charge in [0.1, 0.15) is 0 Å². The molecule has 0 aliphatic rings. The van der Waals surface area contributed by atoms with Gasteiger partial charge in [0, 0.05) is 31.5 Å². The number of amides is 1. The monoisotopic (exact) mass is 291 g/mol. The minimum atomic E-state index is 0.0975. The van der Waals surface area contributed by atoms with Crippen LogP contribution in [0.2, 0.25) is 0 Å². The van der Waals surface area contributed by atoms with E-state index >= 15 is 0 Å². The van der Waals surface area contributed by atoms with Gasteiger partial charge in [0.05, 0.1) is 11.3 Å². The van der Waals surface area contributed by atoms with Crippen molar-refractivity contribution in [2.45, 2.75) is 53.4 Å². The predicted molar refractivity (Wildman–Crippen MR) is 88.9 cm³/mol. The summed E-state index contributed by atoms with van der Waals surface area (Å²) in [6.07, 6.45) is 6.00. The molecule has 0 atom stereocenters. The van der Waals surface area contributed by atoms with Gasteiger partial charge in [-0.1, -0.05) is 26.7 Å². The topological polar surface area (TPSA) is 45.2 Å². The van der Waals surface area contributed by atoms with Crippen LogP contribution in [0.4, 0.5) is 5.69 Å². The van der Waals surface area contributed by atoms with E-state index in [4.69, 9.17) is 0 Å². The van der Waals surface area contributed by atoms with E-state index in [9.17, 15) is 4.79 Å². The first kappa shape index (κ1) is 17.5. The number of rotatable bonds is 9. The number of aromatic nitrogens is 1. The zero-order valence-electron chi connectivity index (χ0n) is 13.9. The average molecular weight is 291 g/mol. The molecule has 0 radical (unpaired) electrons. The summed E-state index contributed by atoms with van der Waals surface area (Å²) in [5.74, 6) is 0.0975. The van der Waals surface area contributed by atoms with E-state index in [1.165, 1.54) is 0 Å². The van der Waals surface area contributed by atoms with Gasteiger partial charge in [0.25, 0.3) is 5.91 Å². The van der Waals surface area contributed by atoms with Gasteiger partial charge in [-0.25, -0.2) is 0 Å². The van der Waals surface area contributed by atoms with Gasteiger partial charge in [-0.05, 0) is 32.8 Å². The smallest absolute Gasteiger partial charge is 0.257 e. The Morgan fingerprint density at radius 2 is 1.81 bits per heavy atom. The molecule has 0 spiro atoms. The maximum Gasteiger partial charge on any atom is 0.257 e. The highest BCUT2D eigenvalue weighted by atomic mass is 16.2. The van der Waals surface area contributed by atoms with Crippen LogP contribution < -0.4 is 5.32 Å². The average Bonchev–Trinajstić information content (AvgIpc) is 2.47. The van der Waals surface area contributed by atoms with E-state index in [1.807, 2.05) is 24.8 Å². The third-order valence-electron chi connectivity index (χ3n) is 3.49. The molecule has 0 aliphatic heterocycles. The van der Waals surface area contributed by atoms with Crippen LogP contribution in [0.25, 0.3) is 0 Å². The number of nitrogens with one attached hydrogen (secondary N) is 1. The number of nitrogens with zero attached hydrogens (tertiary/aromatic N) is 2. The SMILES string of the molecule is CCCCN(CCCC)C(=O)c1cnc(C)cc1NCC. The second-order valence-corrected chi connectivity index (χ2v) is 5.40. The van der Waals surface area contributed by atoms with Crippen molar-refractivity contribution in [1.82, 2.24) is 9.88 Å². The molecule has 0 saturated carbocycles. The summed E-state index contributed by atoms with van der Waals surface area (Å²) >= 11 is 0. The molecule has 118 valence electrons. The Balaban J connectivity index is 2.95. The van der Waals surface area contributed by atoms with Crippen LogP contribution in [0.15, 0.2) is 12.3 Å². The summed E-state index contributed by atoms with van der Waals surface area (Å²) in [6, 6.07) is 1.95. The molecular weight excluding hydrogens is 262 g/mol. The Bertz CT molecular complexity index is 438. The zero-order chi connectivity index (χ0) is 15.7. The van der Waals surface area contributed by atoms with Crippen LogP contribution in [0.1, 0.15) is 62.5 Å². The molecule has 0 aromatic carbocycles. The second-order valence-electron chi connectivity index (χ2n) is 5.40. The maximum absolute atomic E-state index is 12.8. The number of aryl methyl sites for hydroxylation is 1. The molecule has 1 heterocycles. The minimum absolute atomic E-state index is 0.0975. The summed E-state index contributed by atoms with van der Waals surface area (Å²) in [5, 5.41) is 3.28. The fourth-order valence-corrected chi connectivity index (χ4v) is 2.25. The van der Waals surface area contributed by atoms with E-state index in [0.717, 1.165) is 56.7 Å². The highest BCUT2D eigenvalue weighted by Crippen LogP contribution is 2.18. The first-order valence-electron chi connectivity index (χ1n) is 8.13. The molecule has 4 heteroatoms. The molecule has 1 rings (SSSR count).